The summed E-state index contributed by atoms with van der Waals surface area (Å²) >= 11 is 0. The molecule has 0 heterocycles. The third-order valence-corrected chi connectivity index (χ3v) is 4.81. The lowest BCUT2D eigenvalue weighted by atomic mass is 10.2. The Bertz CT molecular complexity index is 555. The van der Waals surface area contributed by atoms with Gasteiger partial charge in [0.15, 0.2) is 0 Å². The Morgan fingerprint density at radius 2 is 2.00 bits per heavy atom. The largest absolute Gasteiger partial charge is 0.493 e. The molecule has 0 bridgehead atoms. The normalized spacial score (nSPS) is 12.1. The zero-order valence-corrected chi connectivity index (χ0v) is 14.0. The first-order valence-electron chi connectivity index (χ1n) is 7.15. The van der Waals surface area contributed by atoms with E-state index in [1.807, 2.05) is 20.8 Å². The Morgan fingerprint density at radius 3 is 2.52 bits per heavy atom. The monoisotopic (exact) mass is 315 g/mol. The summed E-state index contributed by atoms with van der Waals surface area (Å²) < 4.78 is 31.8. The van der Waals surface area contributed by atoms with Gasteiger partial charge >= 0.3 is 0 Å². The summed E-state index contributed by atoms with van der Waals surface area (Å²) in [6.07, 6.45) is 0.849. The summed E-state index contributed by atoms with van der Waals surface area (Å²) in [5.41, 5.74) is 0.488. The second kappa shape index (κ2) is 7.77. The van der Waals surface area contributed by atoms with Crippen LogP contribution in [0.15, 0.2) is 23.1 Å². The number of hydrogen-bond donors (Lipinski definition) is 1. The maximum absolute atomic E-state index is 12.5. The Hall–Kier alpha value is -1.11. The van der Waals surface area contributed by atoms with Crippen molar-refractivity contribution >= 4 is 10.0 Å². The summed E-state index contributed by atoms with van der Waals surface area (Å²) in [6, 6.07) is 4.62. The van der Waals surface area contributed by atoms with E-state index in [1.54, 1.807) is 13.1 Å². The maximum Gasteiger partial charge on any atom is 0.242 e. The minimum atomic E-state index is -3.54. The van der Waals surface area contributed by atoms with Crippen molar-refractivity contribution < 1.29 is 18.3 Å². The van der Waals surface area contributed by atoms with E-state index in [0.717, 1.165) is 6.42 Å². The fourth-order valence-electron chi connectivity index (χ4n) is 1.98. The van der Waals surface area contributed by atoms with Crippen LogP contribution in [0.1, 0.15) is 32.8 Å². The van der Waals surface area contributed by atoms with Gasteiger partial charge in [-0.2, -0.15) is 0 Å². The second-order valence-electron chi connectivity index (χ2n) is 5.46. The fraction of sp³-hybridized carbons (Fsp3) is 0.600. The molecule has 0 aliphatic heterocycles. The third kappa shape index (κ3) is 4.69. The first-order valence-corrected chi connectivity index (χ1v) is 8.59. The van der Waals surface area contributed by atoms with Gasteiger partial charge in [-0.3, -0.25) is 0 Å². The van der Waals surface area contributed by atoms with Crippen LogP contribution in [0.2, 0.25) is 0 Å². The standard InChI is InChI=1S/C15H25NO4S/c1-5-8-20-15-7-6-14(9-13(15)11-17)21(18,19)16(4)10-12(2)3/h6-7,9,12,17H,5,8,10-11H2,1-4H3. The molecule has 0 aliphatic carbocycles. The van der Waals surface area contributed by atoms with Gasteiger partial charge in [0, 0.05) is 19.2 Å². The van der Waals surface area contributed by atoms with E-state index in [0.29, 0.717) is 24.5 Å². The van der Waals surface area contributed by atoms with Gasteiger partial charge in [0.1, 0.15) is 5.75 Å². The minimum absolute atomic E-state index is 0.179. The zero-order valence-electron chi connectivity index (χ0n) is 13.2. The van der Waals surface area contributed by atoms with Gasteiger partial charge in [0.05, 0.1) is 18.1 Å². The van der Waals surface area contributed by atoms with E-state index in [1.165, 1.54) is 16.4 Å². The molecule has 0 radical (unpaired) electrons. The second-order valence-corrected chi connectivity index (χ2v) is 7.50. The lowest BCUT2D eigenvalue weighted by Crippen LogP contribution is -2.30. The highest BCUT2D eigenvalue weighted by Crippen LogP contribution is 2.25. The van der Waals surface area contributed by atoms with Crippen LogP contribution in [0, 0.1) is 5.92 Å². The van der Waals surface area contributed by atoms with Crippen molar-refractivity contribution in [1.82, 2.24) is 4.31 Å². The molecule has 0 atom stereocenters. The Balaban J connectivity index is 3.08. The Kier molecular flexibility index (Phi) is 6.64. The lowest BCUT2D eigenvalue weighted by Gasteiger charge is -2.20. The average molecular weight is 315 g/mol. The van der Waals surface area contributed by atoms with E-state index in [4.69, 9.17) is 4.74 Å². The van der Waals surface area contributed by atoms with Gasteiger partial charge in [-0.1, -0.05) is 20.8 Å². The first-order chi connectivity index (χ1) is 9.82. The molecule has 0 aliphatic rings. The Morgan fingerprint density at radius 1 is 1.33 bits per heavy atom. The molecule has 1 N–H and O–H groups in total. The predicted molar refractivity (Wildman–Crippen MR) is 82.8 cm³/mol. The highest BCUT2D eigenvalue weighted by Gasteiger charge is 2.22. The van der Waals surface area contributed by atoms with Gasteiger partial charge in [-0.15, -0.1) is 0 Å². The zero-order chi connectivity index (χ0) is 16.0. The van der Waals surface area contributed by atoms with Gasteiger partial charge in [0.2, 0.25) is 10.0 Å². The van der Waals surface area contributed by atoms with Crippen molar-refractivity contribution in [2.24, 2.45) is 5.92 Å². The van der Waals surface area contributed by atoms with E-state index in [-0.39, 0.29) is 17.4 Å². The molecule has 5 nitrogen and oxygen atoms in total. The van der Waals surface area contributed by atoms with Crippen LogP contribution >= 0.6 is 0 Å². The van der Waals surface area contributed by atoms with Crippen LogP contribution in [0.3, 0.4) is 0 Å². The predicted octanol–water partition coefficient (Wildman–Crippen LogP) is 2.24. The van der Waals surface area contributed by atoms with Gasteiger partial charge in [-0.05, 0) is 30.5 Å². The molecule has 0 spiro atoms. The van der Waals surface area contributed by atoms with Crippen LogP contribution in [0.4, 0.5) is 0 Å². The minimum Gasteiger partial charge on any atom is -0.493 e. The topological polar surface area (TPSA) is 66.8 Å². The van der Waals surface area contributed by atoms with Crippen LogP contribution in [0.25, 0.3) is 0 Å². The van der Waals surface area contributed by atoms with Gasteiger partial charge < -0.3 is 9.84 Å². The molecule has 0 saturated heterocycles. The number of aliphatic hydroxyl groups excluding tert-OH is 1. The van der Waals surface area contributed by atoms with Gasteiger partial charge in [-0.25, -0.2) is 12.7 Å². The molecular weight excluding hydrogens is 290 g/mol. The molecular formula is C15H25NO4S. The summed E-state index contributed by atoms with van der Waals surface area (Å²) in [5.74, 6) is 0.777. The van der Waals surface area contributed by atoms with Gasteiger partial charge in [0.25, 0.3) is 0 Å². The van der Waals surface area contributed by atoms with Crippen LogP contribution in [-0.2, 0) is 16.6 Å². The molecule has 0 amide bonds. The number of hydrogen-bond acceptors (Lipinski definition) is 4. The fourth-order valence-corrected chi connectivity index (χ4v) is 3.37. The molecule has 0 fully saturated rings. The Labute approximate surface area is 127 Å². The molecule has 1 aromatic carbocycles. The molecule has 1 rings (SSSR count). The van der Waals surface area contributed by atoms with Crippen LogP contribution < -0.4 is 4.74 Å². The molecule has 1 aromatic rings. The summed E-state index contributed by atoms with van der Waals surface area (Å²) in [5, 5.41) is 9.40. The third-order valence-electron chi connectivity index (χ3n) is 2.99. The number of ether oxygens (including phenoxy) is 1. The number of nitrogens with zero attached hydrogens (tertiary/aromatic N) is 1. The number of aliphatic hydroxyl groups is 1. The number of benzene rings is 1. The quantitative estimate of drug-likeness (QED) is 0.799. The maximum atomic E-state index is 12.5. The van der Waals surface area contributed by atoms with Crippen molar-refractivity contribution in [1.29, 1.82) is 0 Å². The van der Waals surface area contributed by atoms with Crippen LogP contribution in [0.5, 0.6) is 5.75 Å². The van der Waals surface area contributed by atoms with E-state index in [2.05, 4.69) is 0 Å². The van der Waals surface area contributed by atoms with Crippen LogP contribution in [-0.4, -0.2) is 38.0 Å². The molecule has 21 heavy (non-hydrogen) atoms. The first kappa shape index (κ1) is 17.9. The van der Waals surface area contributed by atoms with Crippen molar-refractivity contribution in [3.63, 3.8) is 0 Å². The molecule has 6 heteroatoms. The summed E-state index contributed by atoms with van der Waals surface area (Å²) in [4.78, 5) is 0.179. The van der Waals surface area contributed by atoms with Crippen molar-refractivity contribution in [2.75, 3.05) is 20.2 Å². The summed E-state index contributed by atoms with van der Waals surface area (Å²) in [6.45, 7) is 6.64. The summed E-state index contributed by atoms with van der Waals surface area (Å²) in [7, 11) is -1.97. The molecule has 0 saturated carbocycles. The average Bonchev–Trinajstić information content (AvgIpc) is 2.43. The molecule has 0 unspecified atom stereocenters. The van der Waals surface area contributed by atoms with E-state index >= 15 is 0 Å². The van der Waals surface area contributed by atoms with Crippen molar-refractivity contribution in [3.8, 4) is 5.75 Å². The number of sulfonamides is 1. The SMILES string of the molecule is CCCOc1ccc(S(=O)(=O)N(C)CC(C)C)cc1CO. The smallest absolute Gasteiger partial charge is 0.242 e. The molecule has 120 valence electrons. The highest BCUT2D eigenvalue weighted by molar-refractivity contribution is 7.89. The lowest BCUT2D eigenvalue weighted by molar-refractivity contribution is 0.262. The molecule has 0 aromatic heterocycles. The highest BCUT2D eigenvalue weighted by atomic mass is 32.2. The van der Waals surface area contributed by atoms with Crippen molar-refractivity contribution in [3.05, 3.63) is 23.8 Å². The number of rotatable bonds is 8. The van der Waals surface area contributed by atoms with E-state index in [9.17, 15) is 13.5 Å². The van der Waals surface area contributed by atoms with Crippen molar-refractivity contribution in [2.45, 2.75) is 38.7 Å². The van der Waals surface area contributed by atoms with E-state index < -0.39 is 10.0 Å².